The van der Waals surface area contributed by atoms with Gasteiger partial charge in [0, 0.05) is 61.5 Å². The smallest absolute Gasteiger partial charge is 0.256 e. The standard InChI is InChI=1S/C30H32O5/c1-17-11-9-12-18(2)25(17)27-21-15-23-24(30(33-7,34-8)29(23,31-5)32-6)16-22(21)28(35-27)26-19(3)13-10-14-20(26)4/h9-16H,1-8H3. The van der Waals surface area contributed by atoms with Gasteiger partial charge in [0.05, 0.1) is 0 Å². The molecule has 1 aliphatic rings. The molecule has 1 aromatic heterocycles. The molecule has 182 valence electrons. The second kappa shape index (κ2) is 8.32. The molecule has 5 heteroatoms. The van der Waals surface area contributed by atoms with E-state index in [1.54, 1.807) is 28.4 Å². The van der Waals surface area contributed by atoms with Gasteiger partial charge in [-0.2, -0.15) is 0 Å². The van der Waals surface area contributed by atoms with Gasteiger partial charge in [0.1, 0.15) is 11.5 Å². The molecular weight excluding hydrogens is 440 g/mol. The van der Waals surface area contributed by atoms with Crippen LogP contribution in [0.4, 0.5) is 0 Å². The van der Waals surface area contributed by atoms with E-state index in [0.717, 1.165) is 66.8 Å². The Bertz CT molecular complexity index is 1290. The van der Waals surface area contributed by atoms with Crippen molar-refractivity contribution >= 4 is 10.8 Å². The number of fused-ring (bicyclic) bond motifs is 2. The summed E-state index contributed by atoms with van der Waals surface area (Å²) >= 11 is 0. The molecule has 1 heterocycles. The van der Waals surface area contributed by atoms with Crippen molar-refractivity contribution in [1.82, 2.24) is 0 Å². The highest BCUT2D eigenvalue weighted by Gasteiger charge is 2.68. The van der Waals surface area contributed by atoms with Gasteiger partial charge < -0.3 is 23.4 Å². The summed E-state index contributed by atoms with van der Waals surface area (Å²) in [6, 6.07) is 16.8. The number of hydrogen-bond acceptors (Lipinski definition) is 5. The minimum absolute atomic E-state index is 0.837. The van der Waals surface area contributed by atoms with Crippen molar-refractivity contribution in [2.45, 2.75) is 39.3 Å². The predicted molar refractivity (Wildman–Crippen MR) is 137 cm³/mol. The van der Waals surface area contributed by atoms with Gasteiger partial charge in [-0.15, -0.1) is 0 Å². The van der Waals surface area contributed by atoms with Gasteiger partial charge in [-0.05, 0) is 62.1 Å². The van der Waals surface area contributed by atoms with Gasteiger partial charge in [0.15, 0.2) is 0 Å². The normalized spacial score (nSPS) is 15.8. The molecule has 5 rings (SSSR count). The fraction of sp³-hybridized carbons (Fsp3) is 0.333. The molecule has 0 unspecified atom stereocenters. The Morgan fingerprint density at radius 3 is 1.14 bits per heavy atom. The van der Waals surface area contributed by atoms with Crippen LogP contribution < -0.4 is 0 Å². The van der Waals surface area contributed by atoms with Gasteiger partial charge in [-0.3, -0.25) is 0 Å². The van der Waals surface area contributed by atoms with Gasteiger partial charge in [0.25, 0.3) is 11.6 Å². The maximum absolute atomic E-state index is 6.81. The molecule has 0 amide bonds. The molecule has 0 spiro atoms. The highest BCUT2D eigenvalue weighted by atomic mass is 16.8. The predicted octanol–water partition coefficient (Wildman–Crippen LogP) is 6.91. The van der Waals surface area contributed by atoms with E-state index in [4.69, 9.17) is 23.4 Å². The Hall–Kier alpha value is -2.96. The number of furan rings is 1. The first kappa shape index (κ1) is 23.8. The maximum atomic E-state index is 6.81. The molecule has 4 aromatic rings. The van der Waals surface area contributed by atoms with Gasteiger partial charge >= 0.3 is 0 Å². The van der Waals surface area contributed by atoms with Crippen molar-refractivity contribution in [2.24, 2.45) is 0 Å². The molecule has 0 radical (unpaired) electrons. The van der Waals surface area contributed by atoms with E-state index in [2.05, 4.69) is 76.2 Å². The number of rotatable bonds is 6. The Labute approximate surface area is 206 Å². The monoisotopic (exact) mass is 472 g/mol. The van der Waals surface area contributed by atoms with Crippen LogP contribution in [0.25, 0.3) is 33.4 Å². The third kappa shape index (κ3) is 2.96. The molecule has 5 nitrogen and oxygen atoms in total. The van der Waals surface area contributed by atoms with E-state index in [-0.39, 0.29) is 0 Å². The molecule has 3 aromatic carbocycles. The molecule has 35 heavy (non-hydrogen) atoms. The van der Waals surface area contributed by atoms with E-state index in [9.17, 15) is 0 Å². The Balaban J connectivity index is 1.93. The molecule has 0 atom stereocenters. The van der Waals surface area contributed by atoms with Crippen molar-refractivity contribution in [1.29, 1.82) is 0 Å². The number of aryl methyl sites for hydroxylation is 4. The summed E-state index contributed by atoms with van der Waals surface area (Å²) in [6.07, 6.45) is 0. The van der Waals surface area contributed by atoms with Gasteiger partial charge in [-0.1, -0.05) is 36.4 Å². The molecule has 0 bridgehead atoms. The van der Waals surface area contributed by atoms with Crippen LogP contribution >= 0.6 is 0 Å². The van der Waals surface area contributed by atoms with Crippen LogP contribution in [0.3, 0.4) is 0 Å². The summed E-state index contributed by atoms with van der Waals surface area (Å²) < 4.78 is 30.5. The first-order valence-electron chi connectivity index (χ1n) is 11.8. The lowest BCUT2D eigenvalue weighted by atomic mass is 9.73. The molecular formula is C30H32O5. The van der Waals surface area contributed by atoms with Crippen LogP contribution in [-0.4, -0.2) is 28.4 Å². The third-order valence-electron chi connectivity index (χ3n) is 7.56. The lowest BCUT2D eigenvalue weighted by molar-refractivity contribution is -0.429. The molecule has 0 saturated heterocycles. The number of benzene rings is 3. The van der Waals surface area contributed by atoms with Crippen molar-refractivity contribution in [3.05, 3.63) is 81.9 Å². The summed E-state index contributed by atoms with van der Waals surface area (Å²) in [7, 11) is 6.42. The summed E-state index contributed by atoms with van der Waals surface area (Å²) in [5.41, 5.74) is 8.54. The summed E-state index contributed by atoms with van der Waals surface area (Å²) in [4.78, 5) is 0. The summed E-state index contributed by atoms with van der Waals surface area (Å²) in [5.74, 6) is -0.726. The van der Waals surface area contributed by atoms with Crippen LogP contribution in [-0.2, 0) is 30.5 Å². The van der Waals surface area contributed by atoms with E-state index < -0.39 is 11.6 Å². The zero-order chi connectivity index (χ0) is 25.1. The SMILES string of the molecule is COC1(OC)c2cc3c(-c4c(C)cccc4C)oc(-c4c(C)cccc4C)c3cc2C1(OC)OC. The zero-order valence-corrected chi connectivity index (χ0v) is 21.7. The first-order chi connectivity index (χ1) is 16.8. The maximum Gasteiger partial charge on any atom is 0.256 e. The number of ether oxygens (including phenoxy) is 4. The second-order valence-electron chi connectivity index (χ2n) is 9.29. The van der Waals surface area contributed by atoms with Crippen LogP contribution in [0.5, 0.6) is 0 Å². The number of hydrogen-bond donors (Lipinski definition) is 0. The molecule has 0 N–H and O–H groups in total. The first-order valence-corrected chi connectivity index (χ1v) is 11.8. The Morgan fingerprint density at radius 1 is 0.543 bits per heavy atom. The zero-order valence-electron chi connectivity index (χ0n) is 21.7. The van der Waals surface area contributed by atoms with E-state index in [0.29, 0.717) is 0 Å². The average Bonchev–Trinajstić information content (AvgIpc) is 3.19. The molecule has 0 aliphatic heterocycles. The second-order valence-corrected chi connectivity index (χ2v) is 9.29. The van der Waals surface area contributed by atoms with Crippen molar-refractivity contribution in [3.63, 3.8) is 0 Å². The van der Waals surface area contributed by atoms with Crippen LogP contribution in [0.2, 0.25) is 0 Å². The highest BCUT2D eigenvalue weighted by molar-refractivity contribution is 6.05. The van der Waals surface area contributed by atoms with Crippen molar-refractivity contribution in [3.8, 4) is 22.6 Å². The molecule has 1 aliphatic carbocycles. The average molecular weight is 473 g/mol. The summed E-state index contributed by atoms with van der Waals surface area (Å²) in [6.45, 7) is 8.47. The van der Waals surface area contributed by atoms with Crippen molar-refractivity contribution < 1.29 is 23.4 Å². The largest absolute Gasteiger partial charge is 0.455 e. The lowest BCUT2D eigenvalue weighted by Crippen LogP contribution is -2.63. The summed E-state index contributed by atoms with van der Waals surface area (Å²) in [5, 5.41) is 2.00. The van der Waals surface area contributed by atoms with Crippen LogP contribution in [0.1, 0.15) is 33.4 Å². The topological polar surface area (TPSA) is 50.1 Å². The van der Waals surface area contributed by atoms with Crippen LogP contribution in [0, 0.1) is 27.7 Å². The lowest BCUT2D eigenvalue weighted by Gasteiger charge is -2.54. The Morgan fingerprint density at radius 2 is 0.857 bits per heavy atom. The van der Waals surface area contributed by atoms with E-state index >= 15 is 0 Å². The fourth-order valence-corrected chi connectivity index (χ4v) is 5.88. The number of methoxy groups -OCH3 is 4. The van der Waals surface area contributed by atoms with Crippen molar-refractivity contribution in [2.75, 3.05) is 28.4 Å². The fourth-order valence-electron chi connectivity index (χ4n) is 5.88. The van der Waals surface area contributed by atoms with Gasteiger partial charge in [0.2, 0.25) is 0 Å². The quantitative estimate of drug-likeness (QED) is 0.286. The van der Waals surface area contributed by atoms with Gasteiger partial charge in [-0.25, -0.2) is 0 Å². The highest BCUT2D eigenvalue weighted by Crippen LogP contribution is 2.60. The minimum Gasteiger partial charge on any atom is -0.455 e. The third-order valence-corrected chi connectivity index (χ3v) is 7.56. The van der Waals surface area contributed by atoms with E-state index in [1.807, 2.05) is 0 Å². The van der Waals surface area contributed by atoms with E-state index in [1.165, 1.54) is 0 Å². The van der Waals surface area contributed by atoms with Crippen LogP contribution in [0.15, 0.2) is 52.9 Å². The molecule has 0 saturated carbocycles. The Kier molecular flexibility index (Phi) is 5.65. The molecule has 0 fully saturated rings. The minimum atomic E-state index is -1.20.